The Morgan fingerprint density at radius 3 is 2.70 bits per heavy atom. The fourth-order valence-electron chi connectivity index (χ4n) is 2.99. The third kappa shape index (κ3) is 3.52. The number of amides is 1. The molecular formula is C20H20N4OS2. The van der Waals surface area contributed by atoms with Crippen LogP contribution >= 0.6 is 22.7 Å². The van der Waals surface area contributed by atoms with Crippen molar-refractivity contribution in [2.45, 2.75) is 26.8 Å². The number of nitrogens with zero attached hydrogens (tertiary/aromatic N) is 2. The van der Waals surface area contributed by atoms with Crippen molar-refractivity contribution in [2.24, 2.45) is 5.92 Å². The number of aryl methyl sites for hydroxylation is 1. The maximum Gasteiger partial charge on any atom is 0.263 e. The molecule has 0 saturated heterocycles. The van der Waals surface area contributed by atoms with Gasteiger partial charge in [-0.1, -0.05) is 26.0 Å². The van der Waals surface area contributed by atoms with Crippen molar-refractivity contribution in [1.29, 1.82) is 0 Å². The first-order chi connectivity index (χ1) is 13.0. The van der Waals surface area contributed by atoms with E-state index in [1.165, 1.54) is 11.3 Å². The fraction of sp³-hybridized carbons (Fsp3) is 0.250. The molecule has 1 atom stereocenters. The summed E-state index contributed by atoms with van der Waals surface area (Å²) in [6.07, 6.45) is 0. The minimum atomic E-state index is -0.198. The summed E-state index contributed by atoms with van der Waals surface area (Å²) >= 11 is 3.06. The third-order valence-electron chi connectivity index (χ3n) is 4.43. The van der Waals surface area contributed by atoms with Gasteiger partial charge in [-0.15, -0.1) is 11.3 Å². The molecule has 4 aromatic rings. The van der Waals surface area contributed by atoms with Gasteiger partial charge in [-0.2, -0.15) is 11.3 Å². The number of H-pyrrole nitrogens is 1. The molecule has 0 radical (unpaired) electrons. The number of fused-ring (bicyclic) bond motifs is 1. The Morgan fingerprint density at radius 2 is 2.00 bits per heavy atom. The van der Waals surface area contributed by atoms with E-state index in [9.17, 15) is 4.79 Å². The highest BCUT2D eigenvalue weighted by Crippen LogP contribution is 2.30. The highest BCUT2D eigenvalue weighted by Gasteiger charge is 2.25. The molecule has 3 aromatic heterocycles. The molecule has 0 unspecified atom stereocenters. The van der Waals surface area contributed by atoms with Crippen LogP contribution in [-0.2, 0) is 0 Å². The van der Waals surface area contributed by atoms with E-state index in [2.05, 4.69) is 34.1 Å². The fourth-order valence-corrected chi connectivity index (χ4v) is 4.67. The molecule has 0 fully saturated rings. The number of hydrogen-bond donors (Lipinski definition) is 2. The van der Waals surface area contributed by atoms with E-state index in [4.69, 9.17) is 0 Å². The molecule has 3 heterocycles. The second kappa shape index (κ2) is 7.25. The summed E-state index contributed by atoms with van der Waals surface area (Å²) in [5, 5.41) is 8.09. The molecular weight excluding hydrogens is 376 g/mol. The van der Waals surface area contributed by atoms with E-state index < -0.39 is 0 Å². The monoisotopic (exact) mass is 396 g/mol. The maximum absolute atomic E-state index is 13.0. The number of carbonyl (C=O) groups excluding carboxylic acids is 1. The van der Waals surface area contributed by atoms with Crippen molar-refractivity contribution in [1.82, 2.24) is 20.3 Å². The summed E-state index contributed by atoms with van der Waals surface area (Å²) in [7, 11) is 0. The van der Waals surface area contributed by atoms with Gasteiger partial charge in [0.1, 0.15) is 15.7 Å². The highest BCUT2D eigenvalue weighted by atomic mass is 32.1. The van der Waals surface area contributed by atoms with Gasteiger partial charge in [-0.3, -0.25) is 4.79 Å². The summed E-state index contributed by atoms with van der Waals surface area (Å²) in [5.41, 5.74) is 3.69. The lowest BCUT2D eigenvalue weighted by Crippen LogP contribution is -2.32. The van der Waals surface area contributed by atoms with Crippen molar-refractivity contribution < 1.29 is 4.79 Å². The summed E-state index contributed by atoms with van der Waals surface area (Å²) in [4.78, 5) is 26.2. The molecule has 2 N–H and O–H groups in total. The van der Waals surface area contributed by atoms with Crippen LogP contribution in [0.25, 0.3) is 21.6 Å². The largest absolute Gasteiger partial charge is 0.341 e. The van der Waals surface area contributed by atoms with Gasteiger partial charge in [0.2, 0.25) is 0 Å². The van der Waals surface area contributed by atoms with Gasteiger partial charge in [0.05, 0.1) is 22.8 Å². The van der Waals surface area contributed by atoms with E-state index in [-0.39, 0.29) is 17.9 Å². The Balaban J connectivity index is 1.61. The Kier molecular flexibility index (Phi) is 4.80. The lowest BCUT2D eigenvalue weighted by atomic mass is 10.0. The van der Waals surface area contributed by atoms with Crippen molar-refractivity contribution in [2.75, 3.05) is 0 Å². The summed E-state index contributed by atoms with van der Waals surface area (Å²) in [6.45, 7) is 6.04. The summed E-state index contributed by atoms with van der Waals surface area (Å²) in [5.74, 6) is 0.865. The molecule has 5 nitrogen and oxygen atoms in total. The zero-order chi connectivity index (χ0) is 19.0. The van der Waals surface area contributed by atoms with Gasteiger partial charge < -0.3 is 10.3 Å². The van der Waals surface area contributed by atoms with Gasteiger partial charge >= 0.3 is 0 Å². The Labute approximate surface area is 165 Å². The molecule has 27 heavy (non-hydrogen) atoms. The second-order valence-corrected chi connectivity index (χ2v) is 8.56. The average molecular weight is 397 g/mol. The number of aromatic amines is 1. The number of aromatic nitrogens is 3. The molecule has 0 aliphatic heterocycles. The average Bonchev–Trinajstić information content (AvgIpc) is 3.37. The van der Waals surface area contributed by atoms with E-state index in [0.29, 0.717) is 4.88 Å². The smallest absolute Gasteiger partial charge is 0.263 e. The maximum atomic E-state index is 13.0. The molecule has 1 aromatic carbocycles. The zero-order valence-electron chi connectivity index (χ0n) is 15.3. The SMILES string of the molecule is Cc1nc(-c2ccsc2)sc1C(=O)N[C@H](c1nc2ccccc2[nH]1)C(C)C. The van der Waals surface area contributed by atoms with Crippen LogP contribution in [0.4, 0.5) is 0 Å². The summed E-state index contributed by atoms with van der Waals surface area (Å²) < 4.78 is 0. The van der Waals surface area contributed by atoms with Gasteiger partial charge in [-0.05, 0) is 36.4 Å². The first kappa shape index (κ1) is 17.9. The molecule has 138 valence electrons. The van der Waals surface area contributed by atoms with E-state index in [1.54, 1.807) is 11.3 Å². The quantitative estimate of drug-likeness (QED) is 0.488. The van der Waals surface area contributed by atoms with E-state index in [0.717, 1.165) is 33.1 Å². The van der Waals surface area contributed by atoms with Crippen molar-refractivity contribution >= 4 is 39.6 Å². The molecule has 0 bridgehead atoms. The van der Waals surface area contributed by atoms with Gasteiger partial charge in [0.25, 0.3) is 5.91 Å². The van der Waals surface area contributed by atoms with Crippen LogP contribution in [-0.4, -0.2) is 20.9 Å². The normalized spacial score (nSPS) is 12.6. The Bertz CT molecular complexity index is 1050. The predicted molar refractivity (Wildman–Crippen MR) is 111 cm³/mol. The number of thiophene rings is 1. The lowest BCUT2D eigenvalue weighted by Gasteiger charge is -2.20. The topological polar surface area (TPSA) is 70.7 Å². The minimum Gasteiger partial charge on any atom is -0.341 e. The number of hydrogen-bond acceptors (Lipinski definition) is 5. The number of carbonyl (C=O) groups is 1. The molecule has 1 amide bonds. The van der Waals surface area contributed by atoms with Crippen molar-refractivity contribution in [3.05, 3.63) is 57.5 Å². The van der Waals surface area contributed by atoms with Crippen LogP contribution < -0.4 is 5.32 Å². The Hall–Kier alpha value is -2.51. The minimum absolute atomic E-state index is 0.106. The number of rotatable bonds is 5. The van der Waals surface area contributed by atoms with Gasteiger partial charge in [0.15, 0.2) is 0 Å². The number of para-hydroxylation sites is 2. The van der Waals surface area contributed by atoms with E-state index >= 15 is 0 Å². The van der Waals surface area contributed by atoms with Crippen LogP contribution in [0.1, 0.15) is 41.1 Å². The van der Waals surface area contributed by atoms with Crippen LogP contribution in [0.15, 0.2) is 41.1 Å². The van der Waals surface area contributed by atoms with Crippen molar-refractivity contribution in [3.63, 3.8) is 0 Å². The zero-order valence-corrected chi connectivity index (χ0v) is 16.9. The molecule has 4 rings (SSSR count). The molecule has 0 saturated carbocycles. The van der Waals surface area contributed by atoms with Gasteiger partial charge in [-0.25, -0.2) is 9.97 Å². The van der Waals surface area contributed by atoms with E-state index in [1.807, 2.05) is 48.0 Å². The number of thiazole rings is 1. The molecule has 0 aliphatic carbocycles. The van der Waals surface area contributed by atoms with Crippen LogP contribution in [0, 0.1) is 12.8 Å². The lowest BCUT2D eigenvalue weighted by molar-refractivity contribution is 0.0926. The Morgan fingerprint density at radius 1 is 1.19 bits per heavy atom. The summed E-state index contributed by atoms with van der Waals surface area (Å²) in [6, 6.07) is 9.72. The second-order valence-electron chi connectivity index (χ2n) is 6.78. The number of nitrogens with one attached hydrogen (secondary N) is 2. The predicted octanol–water partition coefficient (Wildman–Crippen LogP) is 5.18. The van der Waals surface area contributed by atoms with Crippen LogP contribution in [0.2, 0.25) is 0 Å². The van der Waals surface area contributed by atoms with Gasteiger partial charge in [0, 0.05) is 10.9 Å². The molecule has 7 heteroatoms. The van der Waals surface area contributed by atoms with Crippen molar-refractivity contribution in [3.8, 4) is 10.6 Å². The first-order valence-corrected chi connectivity index (χ1v) is 10.5. The van der Waals surface area contributed by atoms with Crippen LogP contribution in [0.3, 0.4) is 0 Å². The van der Waals surface area contributed by atoms with Crippen LogP contribution in [0.5, 0.6) is 0 Å². The molecule has 0 aliphatic rings. The standard InChI is InChI=1S/C20H20N4OS2/c1-11(2)16(18-22-14-6-4-5-7-15(14)23-18)24-19(25)17-12(3)21-20(27-17)13-8-9-26-10-13/h4-11,16H,1-3H3,(H,22,23)(H,24,25)/t16-/m0/s1. The number of imidazole rings is 1. The highest BCUT2D eigenvalue weighted by molar-refractivity contribution is 7.17. The third-order valence-corrected chi connectivity index (χ3v) is 6.31. The molecule has 0 spiro atoms. The first-order valence-electron chi connectivity index (χ1n) is 8.78. The number of benzene rings is 1.